The summed E-state index contributed by atoms with van der Waals surface area (Å²) in [6.07, 6.45) is 1.84. The van der Waals surface area contributed by atoms with E-state index >= 15 is 0 Å². The molecule has 8 aromatic rings. The topological polar surface area (TPSA) is 51.6 Å². The van der Waals surface area contributed by atoms with Crippen molar-refractivity contribution in [3.05, 3.63) is 181 Å². The fourth-order valence-electron chi connectivity index (χ4n) is 7.58. The molecule has 4 heteroatoms. The lowest BCUT2D eigenvalue weighted by Gasteiger charge is -2.21. The quantitative estimate of drug-likeness (QED) is 0.177. The third kappa shape index (κ3) is 5.59. The zero-order chi connectivity index (χ0) is 35.2. The third-order valence-corrected chi connectivity index (χ3v) is 10.3. The molecule has 0 N–H and O–H groups in total. The molecule has 0 saturated heterocycles. The first-order valence-corrected chi connectivity index (χ1v) is 17.7. The molecule has 1 aliphatic rings. The number of fused-ring (bicyclic) bond motifs is 3. The van der Waals surface area contributed by atoms with E-state index in [4.69, 9.17) is 15.0 Å². The van der Waals surface area contributed by atoms with Crippen LogP contribution in [0.15, 0.2) is 164 Å². The van der Waals surface area contributed by atoms with Gasteiger partial charge < -0.3 is 0 Å². The highest BCUT2D eigenvalue weighted by molar-refractivity contribution is 5.87. The third-order valence-electron chi connectivity index (χ3n) is 10.3. The lowest BCUT2D eigenvalue weighted by atomic mass is 9.82. The summed E-state index contributed by atoms with van der Waals surface area (Å²) in [4.78, 5) is 19.8. The second-order valence-corrected chi connectivity index (χ2v) is 14.0. The molecule has 0 aliphatic heterocycles. The molecule has 1 aliphatic carbocycles. The van der Waals surface area contributed by atoms with E-state index in [1.165, 1.54) is 22.3 Å². The fourth-order valence-corrected chi connectivity index (χ4v) is 7.58. The molecule has 52 heavy (non-hydrogen) atoms. The minimum absolute atomic E-state index is 0.0606. The molecule has 2 heterocycles. The van der Waals surface area contributed by atoms with Crippen LogP contribution in [0.2, 0.25) is 0 Å². The zero-order valence-corrected chi connectivity index (χ0v) is 29.4. The Bertz CT molecular complexity index is 2550. The van der Waals surface area contributed by atoms with Crippen molar-refractivity contribution >= 4 is 0 Å². The second-order valence-electron chi connectivity index (χ2n) is 14.0. The predicted molar refractivity (Wildman–Crippen MR) is 213 cm³/mol. The van der Waals surface area contributed by atoms with E-state index < -0.39 is 0 Å². The summed E-state index contributed by atoms with van der Waals surface area (Å²) in [5.74, 6) is 1.91. The largest absolute Gasteiger partial charge is 0.261 e. The van der Waals surface area contributed by atoms with Gasteiger partial charge >= 0.3 is 0 Å². The molecule has 6 aromatic carbocycles. The van der Waals surface area contributed by atoms with Gasteiger partial charge in [-0.25, -0.2) is 15.0 Å². The monoisotopic (exact) mass is 668 g/mol. The molecule has 0 saturated carbocycles. The fraction of sp³-hybridized carbons (Fsp3) is 0.0833. The number of rotatable bonds is 6. The van der Waals surface area contributed by atoms with Gasteiger partial charge in [0.1, 0.15) is 0 Å². The van der Waals surface area contributed by atoms with Crippen LogP contribution in [0.3, 0.4) is 0 Å². The minimum atomic E-state index is -0.0606. The summed E-state index contributed by atoms with van der Waals surface area (Å²) in [6.45, 7) is 6.70. The maximum Gasteiger partial charge on any atom is 0.164 e. The lowest BCUT2D eigenvalue weighted by Crippen LogP contribution is -2.14. The number of hydrogen-bond donors (Lipinski definition) is 0. The second kappa shape index (κ2) is 12.7. The van der Waals surface area contributed by atoms with Crippen LogP contribution in [0, 0.1) is 6.92 Å². The smallest absolute Gasteiger partial charge is 0.164 e. The molecule has 9 rings (SSSR count). The van der Waals surface area contributed by atoms with Gasteiger partial charge in [-0.2, -0.15) is 0 Å². The highest BCUT2D eigenvalue weighted by Gasteiger charge is 2.35. The van der Waals surface area contributed by atoms with Crippen LogP contribution >= 0.6 is 0 Å². The van der Waals surface area contributed by atoms with E-state index in [-0.39, 0.29) is 5.41 Å². The van der Waals surface area contributed by atoms with Gasteiger partial charge in [-0.15, -0.1) is 0 Å². The van der Waals surface area contributed by atoms with E-state index in [0.29, 0.717) is 17.5 Å². The number of hydrogen-bond acceptors (Lipinski definition) is 4. The number of aryl methyl sites for hydroxylation is 1. The van der Waals surface area contributed by atoms with Crippen molar-refractivity contribution in [3.63, 3.8) is 0 Å². The Hall–Kier alpha value is -6.52. The van der Waals surface area contributed by atoms with E-state index in [2.05, 4.69) is 117 Å². The van der Waals surface area contributed by atoms with Crippen LogP contribution in [0.5, 0.6) is 0 Å². The number of aromatic nitrogens is 4. The minimum Gasteiger partial charge on any atom is -0.261 e. The van der Waals surface area contributed by atoms with Gasteiger partial charge in [-0.05, 0) is 93.4 Å². The molecule has 4 nitrogen and oxygen atoms in total. The summed E-state index contributed by atoms with van der Waals surface area (Å²) >= 11 is 0. The van der Waals surface area contributed by atoms with Crippen molar-refractivity contribution in [3.8, 4) is 78.7 Å². The van der Waals surface area contributed by atoms with E-state index in [1.54, 1.807) is 0 Å². The molecule has 0 atom stereocenters. The first-order chi connectivity index (χ1) is 25.4. The SMILES string of the molecule is Cc1ncccc1-c1cccc(-c2cc(-c3ccc4c(c3)-c3ccccc3C4(C)C)cc(-c3nc(-c4ccccc4)nc(-c4ccccc4)n3)c2)c1. The van der Waals surface area contributed by atoms with Crippen LogP contribution in [0.1, 0.15) is 30.7 Å². The molecule has 2 aromatic heterocycles. The highest BCUT2D eigenvalue weighted by Crippen LogP contribution is 2.49. The van der Waals surface area contributed by atoms with E-state index in [1.807, 2.05) is 72.9 Å². The Kier molecular flexibility index (Phi) is 7.66. The molecule has 0 fully saturated rings. The maximum absolute atomic E-state index is 5.12. The van der Waals surface area contributed by atoms with Gasteiger partial charge in [-0.1, -0.05) is 135 Å². The summed E-state index contributed by atoms with van der Waals surface area (Å²) in [6, 6.07) is 55.6. The van der Waals surface area contributed by atoms with Crippen LogP contribution < -0.4 is 0 Å². The van der Waals surface area contributed by atoms with E-state index in [9.17, 15) is 0 Å². The number of pyridine rings is 1. The molecule has 0 spiro atoms. The Labute approximate surface area is 304 Å². The molecular formula is C48H36N4. The number of nitrogens with zero attached hydrogens (tertiary/aromatic N) is 4. The Morgan fingerprint density at radius 2 is 0.865 bits per heavy atom. The van der Waals surface area contributed by atoms with Crippen molar-refractivity contribution in [2.45, 2.75) is 26.2 Å². The van der Waals surface area contributed by atoms with Gasteiger partial charge in [-0.3, -0.25) is 4.98 Å². The van der Waals surface area contributed by atoms with E-state index in [0.717, 1.165) is 55.8 Å². The molecular weight excluding hydrogens is 633 g/mol. The van der Waals surface area contributed by atoms with Crippen molar-refractivity contribution in [2.75, 3.05) is 0 Å². The lowest BCUT2D eigenvalue weighted by molar-refractivity contribution is 0.660. The Balaban J connectivity index is 1.26. The average molecular weight is 669 g/mol. The van der Waals surface area contributed by atoms with Gasteiger partial charge in [0, 0.05) is 39.6 Å². The summed E-state index contributed by atoms with van der Waals surface area (Å²) in [5.41, 5.74) is 15.8. The zero-order valence-electron chi connectivity index (χ0n) is 29.4. The summed E-state index contributed by atoms with van der Waals surface area (Å²) in [7, 11) is 0. The Morgan fingerprint density at radius 1 is 0.365 bits per heavy atom. The predicted octanol–water partition coefficient (Wildman–Crippen LogP) is 11.9. The highest BCUT2D eigenvalue weighted by atomic mass is 15.0. The normalized spacial score (nSPS) is 12.7. The van der Waals surface area contributed by atoms with Crippen molar-refractivity contribution in [2.24, 2.45) is 0 Å². The molecule has 0 radical (unpaired) electrons. The van der Waals surface area contributed by atoms with Gasteiger partial charge in [0.15, 0.2) is 17.5 Å². The Morgan fingerprint density at radius 3 is 1.54 bits per heavy atom. The summed E-state index contributed by atoms with van der Waals surface area (Å²) in [5, 5.41) is 0. The molecule has 0 bridgehead atoms. The molecule has 0 unspecified atom stereocenters. The molecule has 0 amide bonds. The van der Waals surface area contributed by atoms with Gasteiger partial charge in [0.2, 0.25) is 0 Å². The van der Waals surface area contributed by atoms with Crippen molar-refractivity contribution in [1.82, 2.24) is 19.9 Å². The average Bonchev–Trinajstić information content (AvgIpc) is 3.44. The van der Waals surface area contributed by atoms with Crippen LogP contribution in [0.4, 0.5) is 0 Å². The van der Waals surface area contributed by atoms with Crippen LogP contribution in [-0.4, -0.2) is 19.9 Å². The van der Waals surface area contributed by atoms with Gasteiger partial charge in [0.05, 0.1) is 0 Å². The standard InChI is InChI=1S/C48H36N4/c1-31-40(21-13-25-49-31)36-19-12-18-34(26-36)37-27-38(35-23-24-44-42(30-35)41-20-10-11-22-43(41)48(44,2)3)29-39(28-37)47-51-45(32-14-6-4-7-15-32)50-46(52-47)33-16-8-5-9-17-33/h4-30H,1-3H3. The first kappa shape index (κ1) is 31.5. The number of benzene rings is 6. The van der Waals surface area contributed by atoms with Crippen molar-refractivity contribution < 1.29 is 0 Å². The summed E-state index contributed by atoms with van der Waals surface area (Å²) < 4.78 is 0. The van der Waals surface area contributed by atoms with Crippen LogP contribution in [0.25, 0.3) is 78.7 Å². The maximum atomic E-state index is 5.12. The van der Waals surface area contributed by atoms with Crippen molar-refractivity contribution in [1.29, 1.82) is 0 Å². The first-order valence-electron chi connectivity index (χ1n) is 17.7. The molecule has 248 valence electrons. The van der Waals surface area contributed by atoms with Gasteiger partial charge in [0.25, 0.3) is 0 Å². The van der Waals surface area contributed by atoms with Crippen LogP contribution in [-0.2, 0) is 5.41 Å².